The average Bonchev–Trinajstić information content (AvgIpc) is 2.24. The Bertz CT molecular complexity index is 446. The second-order valence-corrected chi connectivity index (χ2v) is 3.75. The number of nitrogen functional groups attached to an aromatic ring is 1. The lowest BCUT2D eigenvalue weighted by Gasteiger charge is -2.25. The Morgan fingerprint density at radius 1 is 1.39 bits per heavy atom. The van der Waals surface area contributed by atoms with E-state index in [4.69, 9.17) is 11.5 Å². The second kappa shape index (κ2) is 5.16. The summed E-state index contributed by atoms with van der Waals surface area (Å²) in [6.45, 7) is 1.60. The van der Waals surface area contributed by atoms with Crippen molar-refractivity contribution >= 4 is 17.3 Å². The monoisotopic (exact) mass is 261 g/mol. The summed E-state index contributed by atoms with van der Waals surface area (Å²) >= 11 is 0. The first-order valence-corrected chi connectivity index (χ1v) is 5.25. The molecule has 7 heteroatoms. The highest BCUT2D eigenvalue weighted by Gasteiger charge is 2.35. The van der Waals surface area contributed by atoms with E-state index in [2.05, 4.69) is 0 Å². The fraction of sp³-hybridized carbons (Fsp3) is 0.364. The first-order chi connectivity index (χ1) is 8.25. The number of alkyl halides is 3. The van der Waals surface area contributed by atoms with Crippen LogP contribution < -0.4 is 16.4 Å². The summed E-state index contributed by atoms with van der Waals surface area (Å²) in [5.74, 6) is -0.693. The molecule has 0 saturated heterocycles. The molecule has 0 unspecified atom stereocenters. The number of benzene rings is 1. The third-order valence-corrected chi connectivity index (χ3v) is 2.40. The Hall–Kier alpha value is -1.92. The Kier molecular flexibility index (Phi) is 4.05. The Balaban J connectivity index is 3.25. The van der Waals surface area contributed by atoms with Crippen molar-refractivity contribution in [2.24, 2.45) is 5.73 Å². The number of amides is 1. The molecule has 0 saturated carbocycles. The molecule has 0 spiro atoms. The van der Waals surface area contributed by atoms with Gasteiger partial charge in [0.25, 0.3) is 0 Å². The summed E-state index contributed by atoms with van der Waals surface area (Å²) in [5, 5.41) is 0. The molecular weight excluding hydrogens is 247 g/mol. The molecule has 4 N–H and O–H groups in total. The molecule has 1 aromatic rings. The SMILES string of the molecule is CCN(CC(N)=O)c1ccc(N)cc1C(F)(F)F. The summed E-state index contributed by atoms with van der Waals surface area (Å²) in [6.07, 6.45) is -4.53. The molecule has 0 aliphatic rings. The number of hydrogen-bond acceptors (Lipinski definition) is 3. The van der Waals surface area contributed by atoms with Crippen molar-refractivity contribution in [2.45, 2.75) is 13.1 Å². The number of rotatable bonds is 4. The zero-order valence-electron chi connectivity index (χ0n) is 9.79. The molecule has 0 atom stereocenters. The van der Waals surface area contributed by atoms with E-state index in [1.54, 1.807) is 6.92 Å². The van der Waals surface area contributed by atoms with Gasteiger partial charge in [-0.05, 0) is 25.1 Å². The van der Waals surface area contributed by atoms with E-state index in [1.807, 2.05) is 0 Å². The van der Waals surface area contributed by atoms with Crippen molar-refractivity contribution in [3.63, 3.8) is 0 Å². The Morgan fingerprint density at radius 2 is 2.00 bits per heavy atom. The van der Waals surface area contributed by atoms with Gasteiger partial charge >= 0.3 is 6.18 Å². The summed E-state index contributed by atoms with van der Waals surface area (Å²) in [4.78, 5) is 12.1. The van der Waals surface area contributed by atoms with Crippen molar-refractivity contribution < 1.29 is 18.0 Å². The highest BCUT2D eigenvalue weighted by Crippen LogP contribution is 2.37. The number of anilines is 2. The van der Waals surface area contributed by atoms with Crippen molar-refractivity contribution in [1.29, 1.82) is 0 Å². The molecule has 1 amide bonds. The van der Waals surface area contributed by atoms with E-state index in [1.165, 1.54) is 17.0 Å². The molecule has 18 heavy (non-hydrogen) atoms. The van der Waals surface area contributed by atoms with Gasteiger partial charge < -0.3 is 16.4 Å². The van der Waals surface area contributed by atoms with E-state index in [-0.39, 0.29) is 24.5 Å². The predicted octanol–water partition coefficient (Wildman–Crippen LogP) is 1.60. The number of carbonyl (C=O) groups excluding carboxylic acids is 1. The van der Waals surface area contributed by atoms with Crippen LogP contribution in [-0.2, 0) is 11.0 Å². The molecule has 0 heterocycles. The summed E-state index contributed by atoms with van der Waals surface area (Å²) in [7, 11) is 0. The fourth-order valence-electron chi connectivity index (χ4n) is 1.61. The maximum atomic E-state index is 12.9. The number of halogens is 3. The van der Waals surface area contributed by atoms with Crippen molar-refractivity contribution in [2.75, 3.05) is 23.7 Å². The smallest absolute Gasteiger partial charge is 0.399 e. The summed E-state index contributed by atoms with van der Waals surface area (Å²) < 4.78 is 38.6. The van der Waals surface area contributed by atoms with Crippen molar-refractivity contribution in [3.05, 3.63) is 23.8 Å². The molecule has 100 valence electrons. The molecule has 0 bridgehead atoms. The molecule has 1 rings (SSSR count). The molecule has 4 nitrogen and oxygen atoms in total. The zero-order valence-corrected chi connectivity index (χ0v) is 9.79. The van der Waals surface area contributed by atoms with Crippen molar-refractivity contribution in [3.8, 4) is 0 Å². The number of nitrogens with two attached hydrogens (primary N) is 2. The number of hydrogen-bond donors (Lipinski definition) is 2. The summed E-state index contributed by atoms with van der Waals surface area (Å²) in [5.41, 5.74) is 9.41. The van der Waals surface area contributed by atoms with Gasteiger partial charge in [-0.1, -0.05) is 0 Å². The van der Waals surface area contributed by atoms with Crippen LogP contribution in [-0.4, -0.2) is 19.0 Å². The van der Waals surface area contributed by atoms with Crippen LogP contribution in [0.5, 0.6) is 0 Å². The minimum Gasteiger partial charge on any atom is -0.399 e. The van der Waals surface area contributed by atoms with Gasteiger partial charge in [-0.15, -0.1) is 0 Å². The lowest BCUT2D eigenvalue weighted by atomic mass is 10.1. The quantitative estimate of drug-likeness (QED) is 0.808. The van der Waals surface area contributed by atoms with E-state index < -0.39 is 17.6 Å². The molecule has 0 aliphatic heterocycles. The Labute approximate surface area is 102 Å². The summed E-state index contributed by atoms with van der Waals surface area (Å²) in [6, 6.07) is 3.44. The first kappa shape index (κ1) is 14.1. The van der Waals surface area contributed by atoms with E-state index in [0.717, 1.165) is 6.07 Å². The van der Waals surface area contributed by atoms with Crippen LogP contribution in [0, 0.1) is 0 Å². The van der Waals surface area contributed by atoms with Crippen LogP contribution in [0.1, 0.15) is 12.5 Å². The zero-order chi connectivity index (χ0) is 13.9. The minimum absolute atomic E-state index is 0.0150. The van der Waals surface area contributed by atoms with E-state index >= 15 is 0 Å². The van der Waals surface area contributed by atoms with Crippen LogP contribution in [0.15, 0.2) is 18.2 Å². The normalized spacial score (nSPS) is 11.3. The maximum Gasteiger partial charge on any atom is 0.418 e. The van der Waals surface area contributed by atoms with Crippen molar-refractivity contribution in [1.82, 2.24) is 0 Å². The Morgan fingerprint density at radius 3 is 2.44 bits per heavy atom. The number of carbonyl (C=O) groups is 1. The van der Waals surface area contributed by atoms with Gasteiger partial charge in [0.15, 0.2) is 0 Å². The largest absolute Gasteiger partial charge is 0.418 e. The lowest BCUT2D eigenvalue weighted by Crippen LogP contribution is -2.34. The van der Waals surface area contributed by atoms with Gasteiger partial charge in [0.05, 0.1) is 12.1 Å². The van der Waals surface area contributed by atoms with E-state index in [9.17, 15) is 18.0 Å². The number of likely N-dealkylation sites (N-methyl/N-ethyl adjacent to an activating group) is 1. The van der Waals surface area contributed by atoms with Crippen LogP contribution in [0.4, 0.5) is 24.5 Å². The number of nitrogens with zero attached hydrogens (tertiary/aromatic N) is 1. The highest BCUT2D eigenvalue weighted by atomic mass is 19.4. The second-order valence-electron chi connectivity index (χ2n) is 3.75. The third kappa shape index (κ3) is 3.28. The third-order valence-electron chi connectivity index (χ3n) is 2.40. The molecule has 0 fully saturated rings. The van der Waals surface area contributed by atoms with Gasteiger partial charge in [-0.2, -0.15) is 13.2 Å². The fourth-order valence-corrected chi connectivity index (χ4v) is 1.61. The molecule has 0 aliphatic carbocycles. The van der Waals surface area contributed by atoms with Gasteiger partial charge in [0, 0.05) is 17.9 Å². The van der Waals surface area contributed by atoms with Gasteiger partial charge in [-0.3, -0.25) is 4.79 Å². The first-order valence-electron chi connectivity index (χ1n) is 5.25. The van der Waals surface area contributed by atoms with Crippen LogP contribution in [0.2, 0.25) is 0 Å². The average molecular weight is 261 g/mol. The van der Waals surface area contributed by atoms with Crippen LogP contribution in [0.25, 0.3) is 0 Å². The van der Waals surface area contributed by atoms with Crippen LogP contribution in [0.3, 0.4) is 0 Å². The minimum atomic E-state index is -4.53. The van der Waals surface area contributed by atoms with Gasteiger partial charge in [-0.25, -0.2) is 0 Å². The highest BCUT2D eigenvalue weighted by molar-refractivity contribution is 5.80. The topological polar surface area (TPSA) is 72.3 Å². The van der Waals surface area contributed by atoms with E-state index in [0.29, 0.717) is 0 Å². The lowest BCUT2D eigenvalue weighted by molar-refractivity contribution is -0.137. The number of primary amides is 1. The van der Waals surface area contributed by atoms with Gasteiger partial charge in [0.2, 0.25) is 5.91 Å². The van der Waals surface area contributed by atoms with Crippen LogP contribution >= 0.6 is 0 Å². The van der Waals surface area contributed by atoms with Gasteiger partial charge in [0.1, 0.15) is 0 Å². The molecule has 0 aromatic heterocycles. The maximum absolute atomic E-state index is 12.9. The molecule has 1 aromatic carbocycles. The molecule has 0 radical (unpaired) electrons. The molecular formula is C11H14F3N3O. The predicted molar refractivity (Wildman–Crippen MR) is 62.9 cm³/mol. The standard InChI is InChI=1S/C11H14F3N3O/c1-2-17(6-10(16)18)9-4-3-7(15)5-8(9)11(12,13)14/h3-5H,2,6,15H2,1H3,(H2,16,18).